The van der Waals surface area contributed by atoms with Crippen molar-refractivity contribution in [2.45, 2.75) is 56.7 Å². The molecule has 9 heteroatoms. The van der Waals surface area contributed by atoms with Crippen LogP contribution < -0.4 is 5.32 Å². The minimum absolute atomic E-state index is 0.112. The lowest BCUT2D eigenvalue weighted by Gasteiger charge is -2.44. The van der Waals surface area contributed by atoms with Gasteiger partial charge in [-0.1, -0.05) is 23.7 Å². The molecule has 2 aromatic carbocycles. The molecule has 2 heterocycles. The Morgan fingerprint density at radius 1 is 1.15 bits per heavy atom. The number of ether oxygens (including phenoxy) is 2. The third-order valence-electron chi connectivity index (χ3n) is 6.28. The van der Waals surface area contributed by atoms with E-state index in [0.717, 1.165) is 17.7 Å². The van der Waals surface area contributed by atoms with Crippen LogP contribution in [0, 0.1) is 11.6 Å². The number of β-amino-alcohol motifs (C(OH)–C–C–N with tert-alkyl or cyclic N) is 1. The molecule has 0 spiro atoms. The zero-order chi connectivity index (χ0) is 24.1. The molecule has 0 radical (unpaired) electrons. The number of carbonyl (C=O) groups is 1. The van der Waals surface area contributed by atoms with Crippen LogP contribution in [-0.4, -0.2) is 60.0 Å². The van der Waals surface area contributed by atoms with Crippen LogP contribution in [0.1, 0.15) is 30.4 Å². The molecule has 184 valence electrons. The fourth-order valence-electron chi connectivity index (χ4n) is 4.59. The Morgan fingerprint density at radius 3 is 2.74 bits per heavy atom. The number of hydrogen-bond donors (Lipinski definition) is 2. The van der Waals surface area contributed by atoms with Crippen LogP contribution in [0.3, 0.4) is 0 Å². The monoisotopic (exact) mass is 494 g/mol. The number of fused-ring (bicyclic) bond motifs is 1. The van der Waals surface area contributed by atoms with Crippen LogP contribution in [0.5, 0.6) is 0 Å². The molecular formula is C25H29ClF2N2O4. The van der Waals surface area contributed by atoms with Gasteiger partial charge in [0.2, 0.25) is 5.91 Å². The lowest BCUT2D eigenvalue weighted by atomic mass is 9.94. The second kappa shape index (κ2) is 11.6. The summed E-state index contributed by atoms with van der Waals surface area (Å²) in [5, 5.41) is 13.8. The molecule has 6 nitrogen and oxygen atoms in total. The predicted octanol–water partition coefficient (Wildman–Crippen LogP) is 3.43. The van der Waals surface area contributed by atoms with Crippen LogP contribution in [0.15, 0.2) is 42.5 Å². The van der Waals surface area contributed by atoms with E-state index in [9.17, 15) is 18.7 Å². The Balaban J connectivity index is 1.36. The molecule has 4 atom stereocenters. The third-order valence-corrected chi connectivity index (χ3v) is 6.54. The quantitative estimate of drug-likeness (QED) is 0.644. The molecule has 0 unspecified atom stereocenters. The van der Waals surface area contributed by atoms with Crippen molar-refractivity contribution in [1.29, 1.82) is 0 Å². The van der Waals surface area contributed by atoms with E-state index in [2.05, 4.69) is 5.32 Å². The Kier molecular flexibility index (Phi) is 8.50. The molecule has 2 aromatic rings. The highest BCUT2D eigenvalue weighted by molar-refractivity contribution is 6.30. The van der Waals surface area contributed by atoms with Crippen LogP contribution >= 0.6 is 11.6 Å². The average molecular weight is 495 g/mol. The van der Waals surface area contributed by atoms with Gasteiger partial charge in [-0.3, -0.25) is 9.69 Å². The molecule has 2 saturated heterocycles. The highest BCUT2D eigenvalue weighted by atomic mass is 35.5. The molecule has 2 aliphatic rings. The Morgan fingerprint density at radius 2 is 1.94 bits per heavy atom. The molecule has 2 fully saturated rings. The first-order valence-electron chi connectivity index (χ1n) is 11.5. The number of nitrogens with one attached hydrogen (secondary N) is 1. The van der Waals surface area contributed by atoms with Gasteiger partial charge >= 0.3 is 0 Å². The van der Waals surface area contributed by atoms with Gasteiger partial charge in [-0.2, -0.15) is 0 Å². The summed E-state index contributed by atoms with van der Waals surface area (Å²) in [4.78, 5) is 14.4. The maximum Gasteiger partial charge on any atom is 0.222 e. The van der Waals surface area contributed by atoms with Gasteiger partial charge in [-0.25, -0.2) is 8.78 Å². The summed E-state index contributed by atoms with van der Waals surface area (Å²) in [6.45, 7) is 1.20. The highest BCUT2D eigenvalue weighted by Crippen LogP contribution is 2.29. The Bertz CT molecular complexity index is 978. The number of carbonyl (C=O) groups excluding carboxylic acids is 1. The van der Waals surface area contributed by atoms with Gasteiger partial charge in [0.15, 0.2) is 0 Å². The molecule has 1 amide bonds. The third kappa shape index (κ3) is 6.73. The number of amides is 1. The number of halogens is 3. The van der Waals surface area contributed by atoms with Crippen LogP contribution in [0.2, 0.25) is 5.02 Å². The van der Waals surface area contributed by atoms with E-state index in [0.29, 0.717) is 24.4 Å². The lowest BCUT2D eigenvalue weighted by Crippen LogP contribution is -2.55. The first-order valence-corrected chi connectivity index (χ1v) is 11.9. The van der Waals surface area contributed by atoms with Crippen LogP contribution in [-0.2, 0) is 27.4 Å². The van der Waals surface area contributed by atoms with E-state index in [4.69, 9.17) is 21.1 Å². The number of benzene rings is 2. The van der Waals surface area contributed by atoms with E-state index in [1.165, 1.54) is 6.07 Å². The van der Waals surface area contributed by atoms with Crippen LogP contribution in [0.25, 0.3) is 0 Å². The summed E-state index contributed by atoms with van der Waals surface area (Å²) in [5.74, 6) is -1.11. The van der Waals surface area contributed by atoms with Crippen molar-refractivity contribution in [3.8, 4) is 0 Å². The lowest BCUT2D eigenvalue weighted by molar-refractivity contribution is -0.158. The zero-order valence-corrected chi connectivity index (χ0v) is 19.5. The Hall–Kier alpha value is -2.10. The SMILES string of the molecule is O=C(C[C@@H]1CC[C@H]2[C@@H](COC[C@@H](O)CN2Cc2cc(F)ccc2F)O1)NCc1ccc(Cl)cc1. The molecule has 0 bridgehead atoms. The Labute approximate surface area is 202 Å². The van der Waals surface area contributed by atoms with E-state index in [1.807, 2.05) is 17.0 Å². The van der Waals surface area contributed by atoms with Gasteiger partial charge in [0.1, 0.15) is 11.6 Å². The van der Waals surface area contributed by atoms with Crippen molar-refractivity contribution in [3.05, 3.63) is 70.2 Å². The van der Waals surface area contributed by atoms with Crippen molar-refractivity contribution in [1.82, 2.24) is 10.2 Å². The van der Waals surface area contributed by atoms with Crippen molar-refractivity contribution in [3.63, 3.8) is 0 Å². The molecule has 0 aliphatic carbocycles. The second-order valence-corrected chi connectivity index (χ2v) is 9.34. The minimum Gasteiger partial charge on any atom is -0.389 e. The number of aliphatic hydroxyl groups is 1. The van der Waals surface area contributed by atoms with Gasteiger partial charge in [0.25, 0.3) is 0 Å². The first kappa shape index (κ1) is 25.0. The minimum atomic E-state index is -0.742. The molecule has 34 heavy (non-hydrogen) atoms. The second-order valence-electron chi connectivity index (χ2n) is 8.91. The number of hydrogen-bond acceptors (Lipinski definition) is 5. The largest absolute Gasteiger partial charge is 0.389 e. The molecule has 2 aliphatic heterocycles. The number of rotatable bonds is 6. The van der Waals surface area contributed by atoms with Crippen molar-refractivity contribution >= 4 is 17.5 Å². The average Bonchev–Trinajstić information content (AvgIpc) is 2.80. The predicted molar refractivity (Wildman–Crippen MR) is 123 cm³/mol. The van der Waals surface area contributed by atoms with E-state index in [1.54, 1.807) is 12.1 Å². The summed E-state index contributed by atoms with van der Waals surface area (Å²) in [7, 11) is 0. The van der Waals surface area contributed by atoms with Gasteiger partial charge in [-0.05, 0) is 48.7 Å². The molecule has 4 rings (SSSR count). The first-order chi connectivity index (χ1) is 16.4. The maximum absolute atomic E-state index is 14.3. The smallest absolute Gasteiger partial charge is 0.222 e. The van der Waals surface area contributed by atoms with E-state index in [-0.39, 0.29) is 62.4 Å². The van der Waals surface area contributed by atoms with Crippen molar-refractivity contribution in [2.75, 3.05) is 19.8 Å². The van der Waals surface area contributed by atoms with E-state index < -0.39 is 17.7 Å². The summed E-state index contributed by atoms with van der Waals surface area (Å²) < 4.78 is 39.8. The van der Waals surface area contributed by atoms with Crippen molar-refractivity contribution in [2.24, 2.45) is 0 Å². The zero-order valence-electron chi connectivity index (χ0n) is 18.8. The highest BCUT2D eigenvalue weighted by Gasteiger charge is 2.38. The molecule has 0 saturated carbocycles. The normalized spacial score (nSPS) is 25.8. The number of nitrogens with zero attached hydrogens (tertiary/aromatic N) is 1. The summed E-state index contributed by atoms with van der Waals surface area (Å²) in [6, 6.07) is 10.5. The number of aliphatic hydroxyl groups excluding tert-OH is 1. The van der Waals surface area contributed by atoms with Gasteiger partial charge in [0, 0.05) is 36.3 Å². The standard InChI is InChI=1S/C25H29ClF2N2O4/c26-18-3-1-16(2-4-18)11-29-25(32)10-21-6-8-23-24(34-21)15-33-14-20(31)13-30(23)12-17-9-19(27)5-7-22(17)28/h1-5,7,9,20-21,23-24,31H,6,8,10-15H2,(H,29,32)/t20-,21-,23-,24+/m0/s1. The summed E-state index contributed by atoms with van der Waals surface area (Å²) >= 11 is 5.89. The summed E-state index contributed by atoms with van der Waals surface area (Å²) in [5.41, 5.74) is 1.19. The fraction of sp³-hybridized carbons (Fsp3) is 0.480. The topological polar surface area (TPSA) is 71.0 Å². The summed E-state index contributed by atoms with van der Waals surface area (Å²) in [6.07, 6.45) is 0.187. The van der Waals surface area contributed by atoms with Gasteiger partial charge in [-0.15, -0.1) is 0 Å². The van der Waals surface area contributed by atoms with Crippen LogP contribution in [0.4, 0.5) is 8.78 Å². The van der Waals surface area contributed by atoms with Gasteiger partial charge in [0.05, 0.1) is 37.9 Å². The molecule has 0 aromatic heterocycles. The van der Waals surface area contributed by atoms with Crippen molar-refractivity contribution < 1.29 is 28.2 Å². The van der Waals surface area contributed by atoms with Gasteiger partial charge < -0.3 is 19.9 Å². The fourth-order valence-corrected chi connectivity index (χ4v) is 4.72. The van der Waals surface area contributed by atoms with E-state index >= 15 is 0 Å². The maximum atomic E-state index is 14.3. The molecular weight excluding hydrogens is 466 g/mol. The molecule has 2 N–H and O–H groups in total.